The van der Waals surface area contributed by atoms with Crippen LogP contribution >= 0.6 is 25.6 Å². The zero-order valence-electron chi connectivity index (χ0n) is 18.8. The summed E-state index contributed by atoms with van der Waals surface area (Å²) in [6.07, 6.45) is 1.13. The maximum absolute atomic E-state index is 2.42. The molecule has 4 aromatic rings. The van der Waals surface area contributed by atoms with Gasteiger partial charge < -0.3 is 0 Å². The lowest BCUT2D eigenvalue weighted by molar-refractivity contribution is 0.591. The number of hydrogen-bond donors (Lipinski definition) is 0. The van der Waals surface area contributed by atoms with E-state index in [1.165, 1.54) is 22.3 Å². The van der Waals surface area contributed by atoms with Crippen LogP contribution in [0, 0.1) is 0 Å². The van der Waals surface area contributed by atoms with Crippen LogP contribution in [-0.2, 0) is 5.16 Å². The van der Waals surface area contributed by atoms with Crippen LogP contribution < -0.4 is 0 Å². The van der Waals surface area contributed by atoms with Crippen LogP contribution in [0.4, 0.5) is 0 Å². The Bertz CT molecular complexity index is 1010. The van der Waals surface area contributed by atoms with Crippen LogP contribution in [0.25, 0.3) is 0 Å². The highest BCUT2D eigenvalue weighted by atomic mass is 79.9. The first kappa shape index (κ1) is 24.4. The summed E-state index contributed by atoms with van der Waals surface area (Å²) in [6, 6.07) is 44.5. The quantitative estimate of drug-likeness (QED) is 0.210. The van der Waals surface area contributed by atoms with Crippen molar-refractivity contribution in [3.05, 3.63) is 144 Å². The number of hydrogen-bond acceptors (Lipinski definition) is 0. The lowest BCUT2D eigenvalue weighted by Crippen LogP contribution is -2.30. The number of rotatable bonds is 8. The highest BCUT2D eigenvalue weighted by molar-refractivity contribution is 8.93. The van der Waals surface area contributed by atoms with Crippen LogP contribution in [0.1, 0.15) is 54.1 Å². The Kier molecular flexibility index (Phi) is 8.85. The molecule has 0 fully saturated rings. The molecule has 2 heteroatoms. The summed E-state index contributed by atoms with van der Waals surface area (Å²) < 4.78 is 0. The van der Waals surface area contributed by atoms with E-state index < -0.39 is 0 Å². The van der Waals surface area contributed by atoms with Gasteiger partial charge in [0.25, 0.3) is 0 Å². The first-order valence-electron chi connectivity index (χ1n) is 11.2. The monoisotopic (exact) mass is 502 g/mol. The van der Waals surface area contributed by atoms with Gasteiger partial charge >= 0.3 is 0 Å². The topological polar surface area (TPSA) is 0 Å². The van der Waals surface area contributed by atoms with Gasteiger partial charge in [0, 0.05) is 10.8 Å². The SMILES string of the molecule is Br.CCC(PC(c1ccccc1)(c1ccccc1)C(C)c1ccccc1)c1ccccc1. The molecule has 4 aromatic carbocycles. The molecule has 0 saturated heterocycles. The molecule has 0 aliphatic heterocycles. The van der Waals surface area contributed by atoms with Crippen molar-refractivity contribution in [2.45, 2.75) is 37.0 Å². The molecule has 3 atom stereocenters. The van der Waals surface area contributed by atoms with Crippen molar-refractivity contribution in [3.8, 4) is 0 Å². The van der Waals surface area contributed by atoms with Crippen LogP contribution in [-0.4, -0.2) is 0 Å². The lowest BCUT2D eigenvalue weighted by Gasteiger charge is -2.43. The molecule has 0 nitrogen and oxygen atoms in total. The van der Waals surface area contributed by atoms with Crippen molar-refractivity contribution in [2.75, 3.05) is 0 Å². The zero-order valence-corrected chi connectivity index (χ0v) is 21.5. The molecule has 0 aliphatic rings. The van der Waals surface area contributed by atoms with Crippen LogP contribution in [0.15, 0.2) is 121 Å². The Balaban J connectivity index is 0.00000289. The van der Waals surface area contributed by atoms with Gasteiger partial charge in [-0.2, -0.15) is 0 Å². The van der Waals surface area contributed by atoms with E-state index in [0.29, 0.717) is 11.6 Å². The molecule has 164 valence electrons. The fourth-order valence-corrected chi connectivity index (χ4v) is 6.93. The van der Waals surface area contributed by atoms with E-state index in [-0.39, 0.29) is 22.1 Å². The Morgan fingerprint density at radius 3 is 1.38 bits per heavy atom. The molecule has 4 rings (SSSR count). The largest absolute Gasteiger partial charge is 0.114 e. The molecule has 0 aromatic heterocycles. The minimum atomic E-state index is -0.0968. The Morgan fingerprint density at radius 1 is 0.594 bits per heavy atom. The van der Waals surface area contributed by atoms with E-state index in [1.807, 2.05) is 0 Å². The Morgan fingerprint density at radius 2 is 0.969 bits per heavy atom. The predicted octanol–water partition coefficient (Wildman–Crippen LogP) is 9.14. The molecule has 0 N–H and O–H groups in total. The summed E-state index contributed by atoms with van der Waals surface area (Å²) in [5, 5.41) is -0.0968. The molecule has 0 radical (unpaired) electrons. The van der Waals surface area contributed by atoms with E-state index in [9.17, 15) is 0 Å². The Hall–Kier alpha value is -2.21. The second-order valence-corrected chi connectivity index (χ2v) is 9.96. The van der Waals surface area contributed by atoms with E-state index in [2.05, 4.69) is 135 Å². The van der Waals surface area contributed by atoms with Gasteiger partial charge in [-0.15, -0.1) is 17.0 Å². The van der Waals surface area contributed by atoms with Crippen molar-refractivity contribution in [1.29, 1.82) is 0 Å². The van der Waals surface area contributed by atoms with Gasteiger partial charge in [-0.05, 0) is 34.6 Å². The molecule has 0 bridgehead atoms. The molecule has 0 spiro atoms. The molecular formula is C30H32BrP. The third kappa shape index (κ3) is 5.06. The molecule has 0 saturated carbocycles. The average Bonchev–Trinajstić information content (AvgIpc) is 2.87. The van der Waals surface area contributed by atoms with Gasteiger partial charge in [0.05, 0.1) is 0 Å². The third-order valence-corrected chi connectivity index (χ3v) is 8.98. The van der Waals surface area contributed by atoms with Crippen molar-refractivity contribution in [2.24, 2.45) is 0 Å². The summed E-state index contributed by atoms with van der Waals surface area (Å²) in [4.78, 5) is 0. The summed E-state index contributed by atoms with van der Waals surface area (Å²) in [5.41, 5.74) is 6.16. The molecule has 0 heterocycles. The fraction of sp³-hybridized carbons (Fsp3) is 0.200. The van der Waals surface area contributed by atoms with Crippen molar-refractivity contribution >= 4 is 25.6 Å². The summed E-state index contributed by atoms with van der Waals surface area (Å²) >= 11 is 0. The van der Waals surface area contributed by atoms with E-state index in [4.69, 9.17) is 0 Å². The second-order valence-electron chi connectivity index (χ2n) is 8.19. The van der Waals surface area contributed by atoms with Crippen LogP contribution in [0.5, 0.6) is 0 Å². The fourth-order valence-electron chi connectivity index (χ4n) is 4.73. The summed E-state index contributed by atoms with van der Waals surface area (Å²) in [7, 11) is 0.723. The standard InChI is InChI=1S/C30H31P.BrH/c1-3-29(26-18-10-5-11-19-26)31-30(27-20-12-6-13-21-27,28-22-14-7-15-23-28)24(2)25-16-8-4-9-17-25;/h4-24,29,31H,3H2,1-2H3;1H. The van der Waals surface area contributed by atoms with Gasteiger partial charge in [0.2, 0.25) is 0 Å². The second kappa shape index (κ2) is 11.6. The van der Waals surface area contributed by atoms with Crippen molar-refractivity contribution in [3.63, 3.8) is 0 Å². The maximum atomic E-state index is 2.42. The van der Waals surface area contributed by atoms with Gasteiger partial charge in [-0.3, -0.25) is 0 Å². The molecule has 0 amide bonds. The van der Waals surface area contributed by atoms with Gasteiger partial charge in [0.15, 0.2) is 0 Å². The smallest absolute Gasteiger partial charge is 0.0443 e. The normalized spacial score (nSPS) is 13.4. The van der Waals surface area contributed by atoms with Gasteiger partial charge in [-0.1, -0.05) is 144 Å². The Labute approximate surface area is 205 Å². The van der Waals surface area contributed by atoms with Crippen molar-refractivity contribution < 1.29 is 0 Å². The minimum absolute atomic E-state index is 0. The molecule has 0 aliphatic carbocycles. The third-order valence-electron chi connectivity index (χ3n) is 6.42. The molecular weight excluding hydrogens is 471 g/mol. The predicted molar refractivity (Wildman–Crippen MR) is 147 cm³/mol. The minimum Gasteiger partial charge on any atom is -0.114 e. The molecule has 3 unspecified atom stereocenters. The van der Waals surface area contributed by atoms with E-state index >= 15 is 0 Å². The van der Waals surface area contributed by atoms with E-state index in [0.717, 1.165) is 15.0 Å². The van der Waals surface area contributed by atoms with Gasteiger partial charge in [0.1, 0.15) is 0 Å². The first-order chi connectivity index (χ1) is 15.3. The summed E-state index contributed by atoms with van der Waals surface area (Å²) in [6.45, 7) is 4.75. The average molecular weight is 503 g/mol. The number of benzene rings is 4. The first-order valence-corrected chi connectivity index (χ1v) is 12.3. The van der Waals surface area contributed by atoms with Gasteiger partial charge in [-0.25, -0.2) is 0 Å². The molecule has 32 heavy (non-hydrogen) atoms. The lowest BCUT2D eigenvalue weighted by atomic mass is 9.77. The summed E-state index contributed by atoms with van der Waals surface area (Å²) in [5.74, 6) is 0.342. The van der Waals surface area contributed by atoms with Crippen LogP contribution in [0.3, 0.4) is 0 Å². The van der Waals surface area contributed by atoms with Crippen LogP contribution in [0.2, 0.25) is 0 Å². The highest BCUT2D eigenvalue weighted by Gasteiger charge is 2.42. The highest BCUT2D eigenvalue weighted by Crippen LogP contribution is 2.61. The van der Waals surface area contributed by atoms with Crippen molar-refractivity contribution in [1.82, 2.24) is 0 Å². The van der Waals surface area contributed by atoms with E-state index in [1.54, 1.807) is 0 Å². The zero-order chi connectivity index (χ0) is 21.5. The number of halogens is 1. The maximum Gasteiger partial charge on any atom is 0.0443 e.